The van der Waals surface area contributed by atoms with Gasteiger partial charge in [0.15, 0.2) is 5.82 Å². The Morgan fingerprint density at radius 2 is 1.97 bits per heavy atom. The van der Waals surface area contributed by atoms with Gasteiger partial charge in [0.1, 0.15) is 29.6 Å². The number of hydrogen-bond donors (Lipinski definition) is 0. The second-order valence-corrected chi connectivity index (χ2v) is 12.0. The Morgan fingerprint density at radius 1 is 1.24 bits per heavy atom. The summed E-state index contributed by atoms with van der Waals surface area (Å²) in [5, 5.41) is 0.687. The van der Waals surface area contributed by atoms with Gasteiger partial charge < -0.3 is 28.9 Å². The van der Waals surface area contributed by atoms with Crippen molar-refractivity contribution in [1.29, 1.82) is 0 Å². The summed E-state index contributed by atoms with van der Waals surface area (Å²) in [4.78, 5) is 27.8. The molecule has 3 heterocycles. The predicted molar refractivity (Wildman–Crippen MR) is 144 cm³/mol. The number of fused-ring (bicyclic) bond motifs is 1. The molecule has 2 aromatic rings. The van der Waals surface area contributed by atoms with Gasteiger partial charge in [-0.1, -0.05) is 11.6 Å². The molecule has 1 amide bonds. The monoisotopic (exact) mass is 601 g/mol. The first kappa shape index (κ1) is 28.1. The van der Waals surface area contributed by atoms with Gasteiger partial charge >= 0.3 is 12.1 Å². The summed E-state index contributed by atoms with van der Waals surface area (Å²) in [6.45, 7) is 12.8. The lowest BCUT2D eigenvalue weighted by molar-refractivity contribution is -0.0416. The molecule has 37 heavy (non-hydrogen) atoms. The van der Waals surface area contributed by atoms with Gasteiger partial charge in [-0.25, -0.2) is 9.18 Å². The molecule has 2 fully saturated rings. The molecule has 0 N–H and O–H groups in total. The Balaban J connectivity index is 1.66. The predicted octanol–water partition coefficient (Wildman–Crippen LogP) is 4.73. The fourth-order valence-corrected chi connectivity index (χ4v) is 5.05. The number of hydrogen-bond acceptors (Lipinski definition) is 8. The van der Waals surface area contributed by atoms with Crippen molar-refractivity contribution in [2.24, 2.45) is 0 Å². The number of aromatic nitrogens is 2. The van der Waals surface area contributed by atoms with Crippen molar-refractivity contribution in [3.63, 3.8) is 0 Å². The number of carbonyl (C=O) groups excluding carboxylic acids is 1. The van der Waals surface area contributed by atoms with Gasteiger partial charge in [0, 0.05) is 43.6 Å². The van der Waals surface area contributed by atoms with Gasteiger partial charge in [0.05, 0.1) is 16.1 Å². The maximum atomic E-state index is 15.3. The number of anilines is 1. The van der Waals surface area contributed by atoms with E-state index in [1.54, 1.807) is 11.0 Å². The summed E-state index contributed by atoms with van der Waals surface area (Å²) in [5.41, 5.74) is -0.488. The van der Waals surface area contributed by atoms with Gasteiger partial charge in [-0.3, -0.25) is 0 Å². The molecule has 2 saturated heterocycles. The topological polar surface area (TPSA) is 80.3 Å². The van der Waals surface area contributed by atoms with Crippen LogP contribution in [0, 0.1) is 5.82 Å². The Hall–Kier alpha value is -1.95. The molecule has 0 bridgehead atoms. The van der Waals surface area contributed by atoms with E-state index in [9.17, 15) is 4.79 Å². The van der Waals surface area contributed by atoms with Crippen LogP contribution in [0.5, 0.6) is 6.01 Å². The summed E-state index contributed by atoms with van der Waals surface area (Å²) in [6.07, 6.45) is -0.502. The molecule has 1 aromatic heterocycles. The largest absolute Gasteiger partial charge is 0.461 e. The number of halogens is 3. The van der Waals surface area contributed by atoms with E-state index in [0.717, 1.165) is 13.1 Å². The van der Waals surface area contributed by atoms with Crippen LogP contribution >= 0.6 is 27.5 Å². The van der Waals surface area contributed by atoms with Crippen LogP contribution in [-0.2, 0) is 9.47 Å². The van der Waals surface area contributed by atoms with Gasteiger partial charge in [-0.15, -0.1) is 0 Å². The maximum Gasteiger partial charge on any atom is 0.410 e. The molecular formula is C25H34BrClFN5O4. The molecule has 0 aliphatic carbocycles. The number of piperazine rings is 1. The average Bonchev–Trinajstić information content (AvgIpc) is 2.81. The lowest BCUT2D eigenvalue weighted by Crippen LogP contribution is -2.59. The molecule has 2 unspecified atom stereocenters. The molecule has 9 nitrogen and oxygen atoms in total. The van der Waals surface area contributed by atoms with E-state index in [-0.39, 0.29) is 51.9 Å². The minimum atomic E-state index is -0.592. The fraction of sp³-hybridized carbons (Fsp3) is 0.640. The van der Waals surface area contributed by atoms with Crippen molar-refractivity contribution < 1.29 is 23.4 Å². The summed E-state index contributed by atoms with van der Waals surface area (Å²) in [5.74, 6) is -0.0871. The highest BCUT2D eigenvalue weighted by atomic mass is 79.9. The molecule has 12 heteroatoms. The zero-order chi connectivity index (χ0) is 27.1. The van der Waals surface area contributed by atoms with Crippen molar-refractivity contribution in [2.45, 2.75) is 58.4 Å². The SMILES string of the molecule is CC1CN(c2nc(OC[C@@H]3CN(C)CCO3)nc3c(F)c(Br)c(Cl)cc23)C(C)CN1C(=O)OC(C)(C)C. The van der Waals surface area contributed by atoms with Crippen molar-refractivity contribution >= 4 is 50.3 Å². The van der Waals surface area contributed by atoms with Crippen LogP contribution < -0.4 is 9.64 Å². The Kier molecular flexibility index (Phi) is 8.37. The number of carbonyl (C=O) groups is 1. The van der Waals surface area contributed by atoms with Crippen molar-refractivity contribution in [3.8, 4) is 6.01 Å². The highest BCUT2D eigenvalue weighted by molar-refractivity contribution is 9.10. The molecule has 3 atom stereocenters. The van der Waals surface area contributed by atoms with E-state index in [4.69, 9.17) is 30.8 Å². The molecular weight excluding hydrogens is 569 g/mol. The first-order valence-corrected chi connectivity index (χ1v) is 13.6. The van der Waals surface area contributed by atoms with Gasteiger partial charge in [0.2, 0.25) is 0 Å². The van der Waals surface area contributed by atoms with Crippen LogP contribution in [0.4, 0.5) is 15.0 Å². The first-order chi connectivity index (χ1) is 17.3. The number of amides is 1. The summed E-state index contributed by atoms with van der Waals surface area (Å²) < 4.78 is 32.8. The average molecular weight is 603 g/mol. The van der Waals surface area contributed by atoms with E-state index in [2.05, 4.69) is 25.8 Å². The van der Waals surface area contributed by atoms with E-state index in [0.29, 0.717) is 30.9 Å². The van der Waals surface area contributed by atoms with Crippen LogP contribution in [0.1, 0.15) is 34.6 Å². The van der Waals surface area contributed by atoms with E-state index in [1.807, 2.05) is 46.6 Å². The molecule has 4 rings (SSSR count). The lowest BCUT2D eigenvalue weighted by atomic mass is 10.1. The van der Waals surface area contributed by atoms with Crippen molar-refractivity contribution in [1.82, 2.24) is 19.8 Å². The second kappa shape index (κ2) is 11.0. The Bertz CT molecular complexity index is 1170. The Morgan fingerprint density at radius 3 is 2.65 bits per heavy atom. The highest BCUT2D eigenvalue weighted by Gasteiger charge is 2.36. The summed E-state index contributed by atoms with van der Waals surface area (Å²) >= 11 is 9.55. The van der Waals surface area contributed by atoms with Gasteiger partial charge in [-0.05, 0) is 63.7 Å². The standard InChI is InChI=1S/C25H34BrClFN5O4/c1-14-11-33(24(34)37-25(3,4)5)15(2)10-32(14)22-17-9-18(27)19(26)20(28)21(17)29-23(30-22)36-13-16-12-31(6)7-8-35-16/h9,14-16H,7-8,10-13H2,1-6H3/t14?,15?,16-/m0/s1. The minimum absolute atomic E-state index is 0.0573. The van der Waals surface area contributed by atoms with Crippen LogP contribution in [-0.4, -0.2) is 96.1 Å². The van der Waals surface area contributed by atoms with Gasteiger partial charge in [-0.2, -0.15) is 9.97 Å². The van der Waals surface area contributed by atoms with Crippen LogP contribution in [0.2, 0.25) is 5.02 Å². The molecule has 2 aliphatic heterocycles. The van der Waals surface area contributed by atoms with E-state index < -0.39 is 11.4 Å². The number of nitrogens with zero attached hydrogens (tertiary/aromatic N) is 5. The normalized spacial score (nSPS) is 23.4. The lowest BCUT2D eigenvalue weighted by Gasteiger charge is -2.45. The third kappa shape index (κ3) is 6.38. The number of ether oxygens (including phenoxy) is 3. The maximum absolute atomic E-state index is 15.3. The second-order valence-electron chi connectivity index (χ2n) is 10.8. The van der Waals surface area contributed by atoms with E-state index >= 15 is 4.39 Å². The van der Waals surface area contributed by atoms with Crippen LogP contribution in [0.15, 0.2) is 10.5 Å². The molecule has 204 valence electrons. The molecule has 2 aliphatic rings. The zero-order valence-corrected chi connectivity index (χ0v) is 24.4. The molecule has 0 spiro atoms. The van der Waals surface area contributed by atoms with Crippen LogP contribution in [0.25, 0.3) is 10.9 Å². The zero-order valence-electron chi connectivity index (χ0n) is 22.1. The highest BCUT2D eigenvalue weighted by Crippen LogP contribution is 2.37. The quantitative estimate of drug-likeness (QED) is 0.465. The summed E-state index contributed by atoms with van der Waals surface area (Å²) in [6, 6.07) is 1.39. The number of morpholine rings is 1. The fourth-order valence-electron chi connectivity index (χ4n) is 4.55. The van der Waals surface area contributed by atoms with Gasteiger partial charge in [0.25, 0.3) is 0 Å². The third-order valence-corrected chi connectivity index (χ3v) is 7.71. The Labute approximate surface area is 230 Å². The number of rotatable bonds is 4. The summed E-state index contributed by atoms with van der Waals surface area (Å²) in [7, 11) is 2.02. The molecule has 1 aromatic carbocycles. The van der Waals surface area contributed by atoms with E-state index in [1.165, 1.54) is 0 Å². The van der Waals surface area contributed by atoms with Crippen LogP contribution in [0.3, 0.4) is 0 Å². The first-order valence-electron chi connectivity index (χ1n) is 12.4. The molecule has 0 radical (unpaired) electrons. The van der Waals surface area contributed by atoms with Crippen molar-refractivity contribution in [3.05, 3.63) is 21.4 Å². The number of likely N-dealkylation sites (N-methyl/N-ethyl adjacent to an activating group) is 1. The van der Waals surface area contributed by atoms with Crippen molar-refractivity contribution in [2.75, 3.05) is 51.3 Å². The third-order valence-electron chi connectivity index (χ3n) is 6.41. The smallest absolute Gasteiger partial charge is 0.410 e. The number of benzene rings is 1. The minimum Gasteiger partial charge on any atom is -0.461 e. The molecule has 0 saturated carbocycles.